The van der Waals surface area contributed by atoms with Gasteiger partial charge in [0.25, 0.3) is 0 Å². The van der Waals surface area contributed by atoms with Gasteiger partial charge in [-0.3, -0.25) is 9.78 Å². The van der Waals surface area contributed by atoms with Crippen molar-refractivity contribution in [1.29, 1.82) is 0 Å². The van der Waals surface area contributed by atoms with Crippen LogP contribution in [0.5, 0.6) is 0 Å². The lowest BCUT2D eigenvalue weighted by Gasteiger charge is -2.17. The number of aromatic nitrogens is 1. The van der Waals surface area contributed by atoms with E-state index in [4.69, 9.17) is 0 Å². The molecular weight excluding hydrogens is 200 g/mol. The van der Waals surface area contributed by atoms with E-state index < -0.39 is 0 Å². The molecule has 0 saturated carbocycles. The molecule has 1 aliphatic rings. The molecule has 0 unspecified atom stereocenters. The number of rotatable bonds is 1. The van der Waals surface area contributed by atoms with Gasteiger partial charge in [-0.1, -0.05) is 24.3 Å². The molecule has 0 atom stereocenters. The summed E-state index contributed by atoms with van der Waals surface area (Å²) in [6, 6.07) is 8.04. The lowest BCUT2D eigenvalue weighted by molar-refractivity contribution is -0.117. The van der Waals surface area contributed by atoms with Crippen molar-refractivity contribution in [3.63, 3.8) is 0 Å². The van der Waals surface area contributed by atoms with Crippen LogP contribution in [0, 0.1) is 0 Å². The first-order chi connectivity index (χ1) is 7.86. The number of nitrogens with zero attached hydrogens (tertiary/aromatic N) is 2. The highest BCUT2D eigenvalue weighted by molar-refractivity contribution is 6.04. The van der Waals surface area contributed by atoms with Crippen LogP contribution in [0.25, 0.3) is 10.8 Å². The fraction of sp³-hybridized carbons (Fsp3) is 0.231. The Bertz CT molecular complexity index is 545. The van der Waals surface area contributed by atoms with E-state index in [1.165, 1.54) is 0 Å². The van der Waals surface area contributed by atoms with Crippen molar-refractivity contribution in [2.75, 3.05) is 11.4 Å². The monoisotopic (exact) mass is 212 g/mol. The van der Waals surface area contributed by atoms with E-state index in [2.05, 4.69) is 4.98 Å². The molecule has 2 aromatic rings. The van der Waals surface area contributed by atoms with Gasteiger partial charge in [-0.05, 0) is 6.42 Å². The first kappa shape index (κ1) is 9.33. The SMILES string of the molecule is O=C1CCCN1c1cncc2ccccc12. The zero-order valence-corrected chi connectivity index (χ0v) is 8.89. The molecule has 3 rings (SSSR count). The predicted molar refractivity (Wildman–Crippen MR) is 63.3 cm³/mol. The molecule has 3 heteroatoms. The summed E-state index contributed by atoms with van der Waals surface area (Å²) in [4.78, 5) is 17.8. The second-order valence-corrected chi connectivity index (χ2v) is 4.03. The number of hydrogen-bond donors (Lipinski definition) is 0. The topological polar surface area (TPSA) is 33.2 Å². The van der Waals surface area contributed by atoms with Crippen LogP contribution in [0.2, 0.25) is 0 Å². The molecule has 2 heterocycles. The number of hydrogen-bond acceptors (Lipinski definition) is 2. The molecular formula is C13H12N2O. The molecule has 0 bridgehead atoms. The lowest BCUT2D eigenvalue weighted by Crippen LogP contribution is -2.23. The molecule has 0 spiro atoms. The molecule has 80 valence electrons. The molecule has 1 aromatic heterocycles. The average Bonchev–Trinajstić information content (AvgIpc) is 2.75. The van der Waals surface area contributed by atoms with Crippen molar-refractivity contribution in [3.8, 4) is 0 Å². The Balaban J connectivity index is 2.19. The number of carbonyl (C=O) groups is 1. The average molecular weight is 212 g/mol. The lowest BCUT2D eigenvalue weighted by atomic mass is 10.1. The van der Waals surface area contributed by atoms with Gasteiger partial charge in [-0.15, -0.1) is 0 Å². The molecule has 1 amide bonds. The van der Waals surface area contributed by atoms with Gasteiger partial charge in [0.2, 0.25) is 5.91 Å². The van der Waals surface area contributed by atoms with Crippen LogP contribution >= 0.6 is 0 Å². The summed E-state index contributed by atoms with van der Waals surface area (Å²) in [5.74, 6) is 0.207. The van der Waals surface area contributed by atoms with Gasteiger partial charge in [0.05, 0.1) is 11.9 Å². The third kappa shape index (κ3) is 1.36. The number of benzene rings is 1. The normalized spacial score (nSPS) is 16.0. The minimum absolute atomic E-state index is 0.207. The quantitative estimate of drug-likeness (QED) is 0.727. The highest BCUT2D eigenvalue weighted by Gasteiger charge is 2.23. The van der Waals surface area contributed by atoms with E-state index in [0.29, 0.717) is 6.42 Å². The molecule has 0 radical (unpaired) electrons. The zero-order valence-electron chi connectivity index (χ0n) is 8.89. The van der Waals surface area contributed by atoms with E-state index in [0.717, 1.165) is 29.4 Å². The van der Waals surface area contributed by atoms with Crippen LogP contribution in [-0.2, 0) is 4.79 Å². The van der Waals surface area contributed by atoms with Crippen molar-refractivity contribution in [1.82, 2.24) is 4.98 Å². The molecule has 16 heavy (non-hydrogen) atoms. The van der Waals surface area contributed by atoms with Crippen LogP contribution in [-0.4, -0.2) is 17.4 Å². The van der Waals surface area contributed by atoms with Crippen molar-refractivity contribution in [2.45, 2.75) is 12.8 Å². The summed E-state index contributed by atoms with van der Waals surface area (Å²) in [6.07, 6.45) is 5.22. The van der Waals surface area contributed by atoms with Gasteiger partial charge in [0.15, 0.2) is 0 Å². The minimum Gasteiger partial charge on any atom is -0.310 e. The van der Waals surface area contributed by atoms with E-state index in [-0.39, 0.29) is 5.91 Å². The van der Waals surface area contributed by atoms with Crippen LogP contribution < -0.4 is 4.90 Å². The van der Waals surface area contributed by atoms with Gasteiger partial charge in [0, 0.05) is 29.9 Å². The van der Waals surface area contributed by atoms with Gasteiger partial charge in [0.1, 0.15) is 0 Å². The standard InChI is InChI=1S/C13H12N2O/c16-13-6-3-7-15(13)12-9-14-8-10-4-1-2-5-11(10)12/h1-2,4-5,8-9H,3,6-7H2. The molecule has 1 saturated heterocycles. The van der Waals surface area contributed by atoms with Gasteiger partial charge < -0.3 is 4.90 Å². The molecule has 0 N–H and O–H groups in total. The second-order valence-electron chi connectivity index (χ2n) is 4.03. The maximum absolute atomic E-state index is 11.7. The molecule has 3 nitrogen and oxygen atoms in total. The summed E-state index contributed by atoms with van der Waals surface area (Å²) in [5, 5.41) is 2.19. The van der Waals surface area contributed by atoms with E-state index in [9.17, 15) is 4.79 Å². The van der Waals surface area contributed by atoms with E-state index in [1.807, 2.05) is 35.4 Å². The first-order valence-electron chi connectivity index (χ1n) is 5.49. The third-order valence-electron chi connectivity index (χ3n) is 3.01. The molecule has 1 fully saturated rings. The fourth-order valence-electron chi connectivity index (χ4n) is 2.22. The Kier molecular flexibility index (Phi) is 2.10. The highest BCUT2D eigenvalue weighted by atomic mass is 16.2. The maximum atomic E-state index is 11.7. The van der Waals surface area contributed by atoms with Crippen LogP contribution in [0.1, 0.15) is 12.8 Å². The smallest absolute Gasteiger partial charge is 0.227 e. The number of amides is 1. The second kappa shape index (κ2) is 3.59. The summed E-state index contributed by atoms with van der Waals surface area (Å²) in [5.41, 5.74) is 0.945. The summed E-state index contributed by atoms with van der Waals surface area (Å²) < 4.78 is 0. The number of fused-ring (bicyclic) bond motifs is 1. The number of anilines is 1. The Morgan fingerprint density at radius 2 is 2.06 bits per heavy atom. The summed E-state index contributed by atoms with van der Waals surface area (Å²) in [7, 11) is 0. The largest absolute Gasteiger partial charge is 0.310 e. The van der Waals surface area contributed by atoms with Crippen molar-refractivity contribution in [2.24, 2.45) is 0 Å². The Hall–Kier alpha value is -1.90. The third-order valence-corrected chi connectivity index (χ3v) is 3.01. The predicted octanol–water partition coefficient (Wildman–Crippen LogP) is 2.36. The van der Waals surface area contributed by atoms with Gasteiger partial charge >= 0.3 is 0 Å². The fourth-order valence-corrected chi connectivity index (χ4v) is 2.22. The summed E-state index contributed by atoms with van der Waals surface area (Å²) >= 11 is 0. The molecule has 1 aromatic carbocycles. The summed E-state index contributed by atoms with van der Waals surface area (Å²) in [6.45, 7) is 0.814. The highest BCUT2D eigenvalue weighted by Crippen LogP contribution is 2.28. The first-order valence-corrected chi connectivity index (χ1v) is 5.49. The molecule has 1 aliphatic heterocycles. The van der Waals surface area contributed by atoms with Crippen molar-refractivity contribution < 1.29 is 4.79 Å². The Morgan fingerprint density at radius 1 is 1.19 bits per heavy atom. The van der Waals surface area contributed by atoms with Crippen molar-refractivity contribution >= 4 is 22.4 Å². The van der Waals surface area contributed by atoms with Crippen LogP contribution in [0.15, 0.2) is 36.7 Å². The number of carbonyl (C=O) groups excluding carboxylic acids is 1. The molecule has 0 aliphatic carbocycles. The van der Waals surface area contributed by atoms with E-state index in [1.54, 1.807) is 6.20 Å². The van der Waals surface area contributed by atoms with E-state index >= 15 is 0 Å². The van der Waals surface area contributed by atoms with Crippen LogP contribution in [0.4, 0.5) is 5.69 Å². The maximum Gasteiger partial charge on any atom is 0.227 e. The number of pyridine rings is 1. The Labute approximate surface area is 93.7 Å². The van der Waals surface area contributed by atoms with Crippen LogP contribution in [0.3, 0.4) is 0 Å². The van der Waals surface area contributed by atoms with Gasteiger partial charge in [-0.2, -0.15) is 0 Å². The van der Waals surface area contributed by atoms with Crippen molar-refractivity contribution in [3.05, 3.63) is 36.7 Å². The Morgan fingerprint density at radius 3 is 2.88 bits per heavy atom. The van der Waals surface area contributed by atoms with Gasteiger partial charge in [-0.25, -0.2) is 0 Å². The minimum atomic E-state index is 0.207. The zero-order chi connectivity index (χ0) is 11.0.